The zero-order valence-corrected chi connectivity index (χ0v) is 19.5. The molecule has 4 aliphatic carbocycles. The van der Waals surface area contributed by atoms with Gasteiger partial charge in [0.15, 0.2) is 5.78 Å². The number of nitrogens with two attached hydrogens (primary N) is 1. The Morgan fingerprint density at radius 2 is 1.81 bits per heavy atom. The fourth-order valence-corrected chi connectivity index (χ4v) is 8.85. The fourth-order valence-electron chi connectivity index (χ4n) is 8.85. The van der Waals surface area contributed by atoms with Crippen LogP contribution in [-0.4, -0.2) is 21.5 Å². The molecule has 8 unspecified atom stereocenters. The summed E-state index contributed by atoms with van der Waals surface area (Å²) in [5.41, 5.74) is 6.36. The third-order valence-corrected chi connectivity index (χ3v) is 10.6. The second kappa shape index (κ2) is 7.45. The van der Waals surface area contributed by atoms with Gasteiger partial charge in [-0.3, -0.25) is 14.3 Å². The van der Waals surface area contributed by atoms with Crippen LogP contribution in [-0.2, 0) is 11.3 Å². The van der Waals surface area contributed by atoms with Crippen LogP contribution in [0.15, 0.2) is 12.4 Å². The minimum atomic E-state index is -0.494. The molecule has 5 nitrogen and oxygen atoms in total. The number of hydrogen-bond donors (Lipinski definition) is 1. The van der Waals surface area contributed by atoms with E-state index in [-0.39, 0.29) is 23.7 Å². The largest absolute Gasteiger partial charge is 0.366 e. The molecule has 170 valence electrons. The standard InChI is InChI=1S/C26H39N3O2/c1-16-8-10-25(2)18(12-16)4-5-19-20-6-7-22(26(20,3)11-9-21(19)25)23(30)15-29-14-17(13-28-29)24(27)31/h13-14,16,18-22H,4-12,15H2,1-3H3,(H2,27,31). The quantitative estimate of drug-likeness (QED) is 0.749. The van der Waals surface area contributed by atoms with Crippen molar-refractivity contribution in [2.75, 3.05) is 0 Å². The van der Waals surface area contributed by atoms with Gasteiger partial charge in [-0.1, -0.05) is 27.2 Å². The second-order valence-electron chi connectivity index (χ2n) is 12.0. The third kappa shape index (κ3) is 3.29. The number of amides is 1. The molecule has 0 radical (unpaired) electrons. The molecule has 1 aromatic rings. The lowest BCUT2D eigenvalue weighted by molar-refractivity contribution is -0.137. The maximum absolute atomic E-state index is 13.4. The van der Waals surface area contributed by atoms with Gasteiger partial charge in [-0.15, -0.1) is 0 Å². The third-order valence-electron chi connectivity index (χ3n) is 10.6. The van der Waals surface area contributed by atoms with Crippen molar-refractivity contribution < 1.29 is 9.59 Å². The zero-order valence-electron chi connectivity index (χ0n) is 19.5. The van der Waals surface area contributed by atoms with Gasteiger partial charge in [0.05, 0.1) is 18.3 Å². The van der Waals surface area contributed by atoms with Gasteiger partial charge in [0.2, 0.25) is 0 Å². The monoisotopic (exact) mass is 425 g/mol. The molecule has 1 aromatic heterocycles. The van der Waals surface area contributed by atoms with E-state index in [4.69, 9.17) is 5.73 Å². The highest BCUT2D eigenvalue weighted by Gasteiger charge is 2.60. The summed E-state index contributed by atoms with van der Waals surface area (Å²) in [5.74, 6) is 4.08. The number of rotatable bonds is 4. The van der Waals surface area contributed by atoms with E-state index >= 15 is 0 Å². The Kier molecular flexibility index (Phi) is 5.10. The Hall–Kier alpha value is -1.65. The summed E-state index contributed by atoms with van der Waals surface area (Å²) in [6.07, 6.45) is 14.8. The molecule has 4 aliphatic rings. The van der Waals surface area contributed by atoms with Crippen LogP contribution in [0.2, 0.25) is 0 Å². The van der Waals surface area contributed by atoms with Gasteiger partial charge in [0, 0.05) is 12.1 Å². The summed E-state index contributed by atoms with van der Waals surface area (Å²) >= 11 is 0. The zero-order chi connectivity index (χ0) is 22.0. The van der Waals surface area contributed by atoms with E-state index in [2.05, 4.69) is 25.9 Å². The average molecular weight is 426 g/mol. The van der Waals surface area contributed by atoms with Gasteiger partial charge in [-0.25, -0.2) is 0 Å². The first-order chi connectivity index (χ1) is 14.7. The van der Waals surface area contributed by atoms with E-state index in [0.29, 0.717) is 16.9 Å². The number of nitrogens with zero attached hydrogens (tertiary/aromatic N) is 2. The number of fused-ring (bicyclic) bond motifs is 5. The van der Waals surface area contributed by atoms with E-state index in [9.17, 15) is 9.59 Å². The molecule has 4 fully saturated rings. The van der Waals surface area contributed by atoms with Crippen LogP contribution < -0.4 is 5.73 Å². The summed E-state index contributed by atoms with van der Waals surface area (Å²) in [5, 5.41) is 4.20. The molecule has 8 atom stereocenters. The van der Waals surface area contributed by atoms with Gasteiger partial charge in [0.1, 0.15) is 0 Å². The van der Waals surface area contributed by atoms with Crippen molar-refractivity contribution >= 4 is 11.7 Å². The summed E-state index contributed by atoms with van der Waals surface area (Å²) < 4.78 is 1.60. The molecule has 1 heterocycles. The van der Waals surface area contributed by atoms with Crippen molar-refractivity contribution in [1.29, 1.82) is 0 Å². The van der Waals surface area contributed by atoms with Crippen LogP contribution in [0.4, 0.5) is 0 Å². The van der Waals surface area contributed by atoms with Crippen LogP contribution in [0.5, 0.6) is 0 Å². The highest BCUT2D eigenvalue weighted by atomic mass is 16.1. The second-order valence-corrected chi connectivity index (χ2v) is 12.0. The molecule has 0 saturated heterocycles. The molecule has 0 spiro atoms. The van der Waals surface area contributed by atoms with Crippen molar-refractivity contribution in [3.05, 3.63) is 18.0 Å². The first kappa shape index (κ1) is 21.2. The highest BCUT2D eigenvalue weighted by molar-refractivity contribution is 5.92. The summed E-state index contributed by atoms with van der Waals surface area (Å²) in [4.78, 5) is 24.7. The molecule has 0 aromatic carbocycles. The first-order valence-electron chi connectivity index (χ1n) is 12.6. The van der Waals surface area contributed by atoms with E-state index < -0.39 is 5.91 Å². The predicted octanol–water partition coefficient (Wildman–Crippen LogP) is 4.85. The molecular weight excluding hydrogens is 386 g/mol. The Bertz CT molecular complexity index is 878. The molecule has 0 aliphatic heterocycles. The van der Waals surface area contributed by atoms with E-state index in [1.807, 2.05) is 0 Å². The van der Waals surface area contributed by atoms with Gasteiger partial charge in [-0.2, -0.15) is 5.10 Å². The maximum Gasteiger partial charge on any atom is 0.251 e. The normalized spacial score (nSPS) is 44.2. The van der Waals surface area contributed by atoms with Crippen LogP contribution >= 0.6 is 0 Å². The Balaban J connectivity index is 1.32. The molecule has 4 saturated carbocycles. The van der Waals surface area contributed by atoms with Gasteiger partial charge >= 0.3 is 0 Å². The number of aromatic nitrogens is 2. The van der Waals surface area contributed by atoms with E-state index in [1.54, 1.807) is 10.9 Å². The minimum absolute atomic E-state index is 0.122. The number of carbonyl (C=O) groups is 2. The number of hydrogen-bond acceptors (Lipinski definition) is 3. The maximum atomic E-state index is 13.4. The van der Waals surface area contributed by atoms with Crippen molar-refractivity contribution in [1.82, 2.24) is 9.78 Å². The number of primary amides is 1. The molecule has 1 amide bonds. The number of carbonyl (C=O) groups excluding carboxylic acids is 2. The highest BCUT2D eigenvalue weighted by Crippen LogP contribution is 2.67. The number of Topliss-reactive ketones (excluding diaryl/α,β-unsaturated/α-hetero) is 1. The molecule has 5 rings (SSSR count). The molecular formula is C26H39N3O2. The van der Waals surface area contributed by atoms with E-state index in [1.165, 1.54) is 57.6 Å². The van der Waals surface area contributed by atoms with Crippen molar-refractivity contribution in [3.8, 4) is 0 Å². The summed E-state index contributed by atoms with van der Waals surface area (Å²) in [6.45, 7) is 7.74. The Labute approximate surface area is 186 Å². The number of ketones is 1. The first-order valence-corrected chi connectivity index (χ1v) is 12.6. The van der Waals surface area contributed by atoms with E-state index in [0.717, 1.165) is 30.1 Å². The lowest BCUT2D eigenvalue weighted by Gasteiger charge is -2.61. The topological polar surface area (TPSA) is 78.0 Å². The van der Waals surface area contributed by atoms with Crippen LogP contribution in [0.25, 0.3) is 0 Å². The fraction of sp³-hybridized carbons (Fsp3) is 0.808. The average Bonchev–Trinajstić information content (AvgIpc) is 3.32. The lowest BCUT2D eigenvalue weighted by Crippen LogP contribution is -2.53. The molecule has 31 heavy (non-hydrogen) atoms. The molecule has 2 N–H and O–H groups in total. The summed E-state index contributed by atoms with van der Waals surface area (Å²) in [6, 6.07) is 0. The SMILES string of the molecule is CC1CCC2(C)C(CCC3C2CCC2(C)C(C(=O)Cn4cc(C(N)=O)cn4)CCC32)C1. The summed E-state index contributed by atoms with van der Waals surface area (Å²) in [7, 11) is 0. The van der Waals surface area contributed by atoms with Crippen molar-refractivity contribution in [2.24, 2.45) is 52.1 Å². The molecule has 5 heteroatoms. The Morgan fingerprint density at radius 1 is 1.06 bits per heavy atom. The van der Waals surface area contributed by atoms with Crippen LogP contribution in [0.1, 0.15) is 88.9 Å². The Morgan fingerprint density at radius 3 is 2.55 bits per heavy atom. The van der Waals surface area contributed by atoms with Gasteiger partial charge < -0.3 is 5.73 Å². The smallest absolute Gasteiger partial charge is 0.251 e. The lowest BCUT2D eigenvalue weighted by atomic mass is 9.44. The minimum Gasteiger partial charge on any atom is -0.366 e. The van der Waals surface area contributed by atoms with Crippen LogP contribution in [0.3, 0.4) is 0 Å². The predicted molar refractivity (Wildman–Crippen MR) is 120 cm³/mol. The van der Waals surface area contributed by atoms with Gasteiger partial charge in [-0.05, 0) is 91.8 Å². The van der Waals surface area contributed by atoms with Crippen molar-refractivity contribution in [2.45, 2.75) is 85.1 Å². The molecule has 0 bridgehead atoms. The van der Waals surface area contributed by atoms with Gasteiger partial charge in [0.25, 0.3) is 5.91 Å². The van der Waals surface area contributed by atoms with Crippen molar-refractivity contribution in [3.63, 3.8) is 0 Å². The van der Waals surface area contributed by atoms with Crippen LogP contribution in [0, 0.1) is 46.3 Å².